The molecule has 130 valence electrons. The Morgan fingerprint density at radius 2 is 1.67 bits per heavy atom. The second-order valence-electron chi connectivity index (χ2n) is 5.37. The van der Waals surface area contributed by atoms with Gasteiger partial charge in [0.2, 0.25) is 5.91 Å². The molecular weight excluding hydrogens is 322 g/mol. The third-order valence-electron chi connectivity index (χ3n) is 3.85. The van der Waals surface area contributed by atoms with Gasteiger partial charge in [-0.3, -0.25) is 14.4 Å². The quantitative estimate of drug-likeness (QED) is 0.773. The van der Waals surface area contributed by atoms with Crippen molar-refractivity contribution in [2.45, 2.75) is 12.8 Å². The number of esters is 1. The van der Waals surface area contributed by atoms with Gasteiger partial charge in [-0.25, -0.2) is 8.78 Å². The Bertz CT molecular complexity index is 643. The minimum Gasteiger partial charge on any atom is -0.469 e. The molecule has 1 aliphatic rings. The minimum atomic E-state index is -0.780. The molecule has 0 spiro atoms. The van der Waals surface area contributed by atoms with Crippen LogP contribution in [0.25, 0.3) is 0 Å². The lowest BCUT2D eigenvalue weighted by molar-refractivity contribution is -0.143. The Kier molecular flexibility index (Phi) is 5.83. The van der Waals surface area contributed by atoms with Crippen LogP contribution in [0.4, 0.5) is 8.78 Å². The summed E-state index contributed by atoms with van der Waals surface area (Å²) in [5.41, 5.74) is -0.319. The number of halogens is 2. The summed E-state index contributed by atoms with van der Waals surface area (Å²) >= 11 is 0. The van der Waals surface area contributed by atoms with Crippen LogP contribution in [0.5, 0.6) is 0 Å². The van der Waals surface area contributed by atoms with Crippen LogP contribution >= 0.6 is 0 Å². The Morgan fingerprint density at radius 3 is 2.29 bits per heavy atom. The molecule has 0 saturated carbocycles. The van der Waals surface area contributed by atoms with Crippen LogP contribution in [0.3, 0.4) is 0 Å². The first-order valence-electron chi connectivity index (χ1n) is 7.51. The highest BCUT2D eigenvalue weighted by Gasteiger charge is 2.26. The number of carbonyl (C=O) groups is 3. The molecule has 0 atom stereocenters. The molecule has 6 nitrogen and oxygen atoms in total. The van der Waals surface area contributed by atoms with E-state index in [-0.39, 0.29) is 50.5 Å². The highest BCUT2D eigenvalue weighted by atomic mass is 19.1. The predicted octanol–water partition coefficient (Wildman–Crippen LogP) is 1.20. The van der Waals surface area contributed by atoms with Gasteiger partial charge in [0, 0.05) is 32.6 Å². The maximum atomic E-state index is 13.7. The highest BCUT2D eigenvalue weighted by molar-refractivity contribution is 5.94. The number of ether oxygens (including phenoxy) is 1. The van der Waals surface area contributed by atoms with Crippen molar-refractivity contribution >= 4 is 17.8 Å². The van der Waals surface area contributed by atoms with Gasteiger partial charge in [0.1, 0.15) is 11.6 Å². The van der Waals surface area contributed by atoms with Crippen molar-refractivity contribution in [2.24, 2.45) is 0 Å². The Labute approximate surface area is 138 Å². The summed E-state index contributed by atoms with van der Waals surface area (Å²) < 4.78 is 31.3. The van der Waals surface area contributed by atoms with Crippen molar-refractivity contribution in [2.75, 3.05) is 33.3 Å². The van der Waals surface area contributed by atoms with Crippen LogP contribution in [-0.2, 0) is 14.3 Å². The summed E-state index contributed by atoms with van der Waals surface area (Å²) in [6, 6.07) is 2.73. The van der Waals surface area contributed by atoms with Gasteiger partial charge in [-0.05, 0) is 18.2 Å². The number of benzene rings is 1. The first-order chi connectivity index (χ1) is 11.4. The fourth-order valence-corrected chi connectivity index (χ4v) is 2.46. The van der Waals surface area contributed by atoms with Gasteiger partial charge in [0.15, 0.2) is 0 Å². The maximum Gasteiger partial charge on any atom is 0.306 e. The second kappa shape index (κ2) is 7.85. The SMILES string of the molecule is COC(=O)CCC(=O)N1CCN(C(=O)c2cc(F)ccc2F)CC1. The van der Waals surface area contributed by atoms with Gasteiger partial charge in [0.25, 0.3) is 5.91 Å². The smallest absolute Gasteiger partial charge is 0.306 e. The normalized spacial score (nSPS) is 14.5. The topological polar surface area (TPSA) is 66.9 Å². The summed E-state index contributed by atoms with van der Waals surface area (Å²) in [5, 5.41) is 0. The van der Waals surface area contributed by atoms with Crippen molar-refractivity contribution < 1.29 is 27.9 Å². The summed E-state index contributed by atoms with van der Waals surface area (Å²) in [5.74, 6) is -2.73. The van der Waals surface area contributed by atoms with Crippen molar-refractivity contribution in [1.29, 1.82) is 0 Å². The van der Waals surface area contributed by atoms with E-state index in [1.54, 1.807) is 0 Å². The van der Waals surface area contributed by atoms with Crippen molar-refractivity contribution in [1.82, 2.24) is 9.80 Å². The number of methoxy groups -OCH3 is 1. The van der Waals surface area contributed by atoms with Crippen molar-refractivity contribution in [3.63, 3.8) is 0 Å². The standard InChI is InChI=1S/C16H18F2N2O4/c1-24-15(22)5-4-14(21)19-6-8-20(9-7-19)16(23)12-10-11(17)2-3-13(12)18/h2-3,10H,4-9H2,1H3. The molecule has 0 N–H and O–H groups in total. The molecule has 1 aliphatic heterocycles. The zero-order chi connectivity index (χ0) is 17.7. The molecule has 0 unspecified atom stereocenters. The third kappa shape index (κ3) is 4.27. The fraction of sp³-hybridized carbons (Fsp3) is 0.438. The van der Waals surface area contributed by atoms with E-state index in [1.165, 1.54) is 16.9 Å². The van der Waals surface area contributed by atoms with Crippen LogP contribution in [0, 0.1) is 11.6 Å². The van der Waals surface area contributed by atoms with E-state index in [4.69, 9.17) is 0 Å². The number of rotatable bonds is 4. The zero-order valence-electron chi connectivity index (χ0n) is 13.3. The molecule has 8 heteroatoms. The molecule has 0 aromatic heterocycles. The molecule has 0 aliphatic carbocycles. The summed E-state index contributed by atoms with van der Waals surface area (Å²) in [6.45, 7) is 1.00. The molecule has 24 heavy (non-hydrogen) atoms. The predicted molar refractivity (Wildman–Crippen MR) is 80.1 cm³/mol. The molecule has 2 amide bonds. The van der Waals surface area contributed by atoms with Crippen molar-refractivity contribution in [3.05, 3.63) is 35.4 Å². The molecular formula is C16H18F2N2O4. The highest BCUT2D eigenvalue weighted by Crippen LogP contribution is 2.14. The number of amides is 2. The van der Waals surface area contributed by atoms with Gasteiger partial charge in [-0.15, -0.1) is 0 Å². The second-order valence-corrected chi connectivity index (χ2v) is 5.37. The van der Waals surface area contributed by atoms with Crippen LogP contribution in [-0.4, -0.2) is 60.9 Å². The number of hydrogen-bond acceptors (Lipinski definition) is 4. The fourth-order valence-electron chi connectivity index (χ4n) is 2.46. The van der Waals surface area contributed by atoms with Crippen LogP contribution in [0.1, 0.15) is 23.2 Å². The monoisotopic (exact) mass is 340 g/mol. The van der Waals surface area contributed by atoms with Crippen LogP contribution < -0.4 is 0 Å². The Morgan fingerprint density at radius 1 is 1.04 bits per heavy atom. The molecule has 2 rings (SSSR count). The van der Waals surface area contributed by atoms with Gasteiger partial charge in [0.05, 0.1) is 19.1 Å². The molecule has 0 bridgehead atoms. The van der Waals surface area contributed by atoms with Gasteiger partial charge in [-0.2, -0.15) is 0 Å². The molecule has 1 fully saturated rings. The zero-order valence-corrected chi connectivity index (χ0v) is 13.3. The Balaban J connectivity index is 1.90. The lowest BCUT2D eigenvalue weighted by atomic mass is 10.1. The van der Waals surface area contributed by atoms with E-state index in [9.17, 15) is 23.2 Å². The molecule has 0 radical (unpaired) electrons. The summed E-state index contributed by atoms with van der Waals surface area (Å²) in [7, 11) is 1.25. The van der Waals surface area contributed by atoms with E-state index in [0.29, 0.717) is 0 Å². The van der Waals surface area contributed by atoms with E-state index in [2.05, 4.69) is 4.74 Å². The minimum absolute atomic E-state index is 0.00296. The number of nitrogens with zero attached hydrogens (tertiary/aromatic N) is 2. The average molecular weight is 340 g/mol. The molecule has 1 saturated heterocycles. The third-order valence-corrected chi connectivity index (χ3v) is 3.85. The van der Waals surface area contributed by atoms with Crippen LogP contribution in [0.15, 0.2) is 18.2 Å². The maximum absolute atomic E-state index is 13.7. The van der Waals surface area contributed by atoms with E-state index >= 15 is 0 Å². The number of carbonyl (C=O) groups excluding carboxylic acids is 3. The Hall–Kier alpha value is -2.51. The van der Waals surface area contributed by atoms with Gasteiger partial charge >= 0.3 is 5.97 Å². The largest absolute Gasteiger partial charge is 0.469 e. The first kappa shape index (κ1) is 17.8. The lowest BCUT2D eigenvalue weighted by Gasteiger charge is -2.34. The van der Waals surface area contributed by atoms with Gasteiger partial charge in [-0.1, -0.05) is 0 Å². The van der Waals surface area contributed by atoms with E-state index < -0.39 is 23.5 Å². The molecule has 1 aromatic carbocycles. The van der Waals surface area contributed by atoms with E-state index in [1.807, 2.05) is 0 Å². The van der Waals surface area contributed by atoms with Gasteiger partial charge < -0.3 is 14.5 Å². The molecule has 1 heterocycles. The number of hydrogen-bond donors (Lipinski definition) is 0. The van der Waals surface area contributed by atoms with E-state index in [0.717, 1.165) is 18.2 Å². The first-order valence-corrected chi connectivity index (χ1v) is 7.51. The summed E-state index contributed by atoms with van der Waals surface area (Å²) in [4.78, 5) is 38.2. The lowest BCUT2D eigenvalue weighted by Crippen LogP contribution is -2.50. The number of piperazine rings is 1. The average Bonchev–Trinajstić information content (AvgIpc) is 2.60. The molecule has 1 aromatic rings. The van der Waals surface area contributed by atoms with Crippen LogP contribution in [0.2, 0.25) is 0 Å². The summed E-state index contributed by atoms with van der Waals surface area (Å²) in [6.07, 6.45) is 0.0438. The van der Waals surface area contributed by atoms with Crippen molar-refractivity contribution in [3.8, 4) is 0 Å².